The summed E-state index contributed by atoms with van der Waals surface area (Å²) in [5, 5.41) is 16.3. The molecule has 0 aliphatic rings. The summed E-state index contributed by atoms with van der Waals surface area (Å²) >= 11 is 1.65. The number of non-ortho nitro benzene ring substituents is 1. The van der Waals surface area contributed by atoms with Crippen LogP contribution in [0.25, 0.3) is 10.2 Å². The molecule has 0 bridgehead atoms. The van der Waals surface area contributed by atoms with Crippen LogP contribution in [-0.2, 0) is 6.42 Å². The molecule has 1 aromatic heterocycles. The first-order valence-corrected chi connectivity index (χ1v) is 9.47. The summed E-state index contributed by atoms with van der Waals surface area (Å²) in [6.07, 6.45) is 0.587. The first kappa shape index (κ1) is 17.8. The van der Waals surface area contributed by atoms with Gasteiger partial charge >= 0.3 is 0 Å². The van der Waals surface area contributed by atoms with Crippen LogP contribution >= 0.6 is 11.3 Å². The summed E-state index contributed by atoms with van der Waals surface area (Å²) in [6, 6.07) is 24.1. The van der Waals surface area contributed by atoms with Crippen molar-refractivity contribution in [3.63, 3.8) is 0 Å². The molecule has 0 unspecified atom stereocenters. The second-order valence-electron chi connectivity index (χ2n) is 6.09. The van der Waals surface area contributed by atoms with Gasteiger partial charge in [-0.3, -0.25) is 15.5 Å². The van der Waals surface area contributed by atoms with Crippen LogP contribution in [-0.4, -0.2) is 15.6 Å². The minimum absolute atomic E-state index is 0.0484. The predicted molar refractivity (Wildman–Crippen MR) is 113 cm³/mol. The van der Waals surface area contributed by atoms with Crippen LogP contribution in [0.4, 0.5) is 11.4 Å². The summed E-state index contributed by atoms with van der Waals surface area (Å²) in [4.78, 5) is 15.1. The van der Waals surface area contributed by atoms with E-state index in [-0.39, 0.29) is 5.69 Å². The molecule has 7 heteroatoms. The number of thiazole rings is 1. The Morgan fingerprint density at radius 3 is 2.43 bits per heavy atom. The van der Waals surface area contributed by atoms with E-state index in [1.807, 2.05) is 48.5 Å². The van der Waals surface area contributed by atoms with Gasteiger partial charge in [0.2, 0.25) is 0 Å². The number of para-hydroxylation sites is 1. The lowest BCUT2D eigenvalue weighted by Crippen LogP contribution is -2.08. The van der Waals surface area contributed by atoms with Gasteiger partial charge in [-0.15, -0.1) is 11.3 Å². The number of nitrogens with zero attached hydrogens (tertiary/aromatic N) is 3. The number of hydrogen-bond acceptors (Lipinski definition) is 6. The highest BCUT2D eigenvalue weighted by Crippen LogP contribution is 2.23. The first-order chi connectivity index (χ1) is 13.7. The highest BCUT2D eigenvalue weighted by molar-refractivity contribution is 7.18. The zero-order valence-corrected chi connectivity index (χ0v) is 15.6. The van der Waals surface area contributed by atoms with Crippen molar-refractivity contribution in [1.29, 1.82) is 0 Å². The monoisotopic (exact) mass is 388 g/mol. The summed E-state index contributed by atoms with van der Waals surface area (Å²) < 4.78 is 1.15. The van der Waals surface area contributed by atoms with Crippen molar-refractivity contribution in [3.8, 4) is 0 Å². The number of aromatic nitrogens is 1. The van der Waals surface area contributed by atoms with E-state index in [9.17, 15) is 10.1 Å². The van der Waals surface area contributed by atoms with E-state index in [1.54, 1.807) is 23.5 Å². The van der Waals surface area contributed by atoms with Crippen LogP contribution < -0.4 is 5.43 Å². The maximum Gasteiger partial charge on any atom is 0.269 e. The fourth-order valence-corrected chi connectivity index (χ4v) is 3.74. The number of hydrazone groups is 1. The van der Waals surface area contributed by atoms with Crippen molar-refractivity contribution in [2.45, 2.75) is 6.42 Å². The average Bonchev–Trinajstić information content (AvgIpc) is 3.14. The Morgan fingerprint density at radius 1 is 1.00 bits per heavy atom. The molecule has 0 amide bonds. The molecule has 4 rings (SSSR count). The number of benzene rings is 3. The van der Waals surface area contributed by atoms with Gasteiger partial charge in [-0.2, -0.15) is 5.10 Å². The highest BCUT2D eigenvalue weighted by Gasteiger charge is 2.10. The molecule has 28 heavy (non-hydrogen) atoms. The minimum atomic E-state index is -0.421. The van der Waals surface area contributed by atoms with E-state index in [1.165, 1.54) is 12.1 Å². The van der Waals surface area contributed by atoms with Gasteiger partial charge in [-0.25, -0.2) is 4.98 Å². The van der Waals surface area contributed by atoms with Crippen LogP contribution in [0.1, 0.15) is 10.6 Å². The van der Waals surface area contributed by atoms with Crippen molar-refractivity contribution >= 4 is 38.6 Å². The van der Waals surface area contributed by atoms with Crippen LogP contribution in [0, 0.1) is 10.1 Å². The Labute approximate surface area is 165 Å². The molecule has 6 nitrogen and oxygen atoms in total. The molecule has 0 saturated carbocycles. The number of nitro groups is 1. The third-order valence-corrected chi connectivity index (χ3v) is 5.20. The molecule has 0 radical (unpaired) electrons. The standard InChI is InChI=1S/C21H16N4O2S/c26-25(27)17-12-10-16(11-13-17)23-24-19(15-6-2-1-3-7-15)14-21-22-18-8-4-5-9-20(18)28-21/h1-13,23H,14H2/b24-19+. The fourth-order valence-electron chi connectivity index (χ4n) is 2.77. The van der Waals surface area contributed by atoms with Crippen LogP contribution in [0.3, 0.4) is 0 Å². The zero-order chi connectivity index (χ0) is 19.3. The predicted octanol–water partition coefficient (Wildman–Crippen LogP) is 5.26. The normalized spacial score (nSPS) is 11.5. The topological polar surface area (TPSA) is 80.4 Å². The van der Waals surface area contributed by atoms with Crippen molar-refractivity contribution in [3.05, 3.63) is 99.5 Å². The molecule has 138 valence electrons. The lowest BCUT2D eigenvalue weighted by atomic mass is 10.1. The molecule has 3 aromatic carbocycles. The van der Waals surface area contributed by atoms with Gasteiger partial charge in [0.15, 0.2) is 0 Å². The number of nitro benzene ring substituents is 1. The molecule has 1 N–H and O–H groups in total. The summed E-state index contributed by atoms with van der Waals surface area (Å²) in [6.45, 7) is 0. The molecular formula is C21H16N4O2S. The third kappa shape index (κ3) is 4.05. The number of anilines is 1. The maximum atomic E-state index is 10.8. The van der Waals surface area contributed by atoms with Crippen molar-refractivity contribution < 1.29 is 4.92 Å². The number of fused-ring (bicyclic) bond motifs is 1. The van der Waals surface area contributed by atoms with Crippen molar-refractivity contribution in [2.75, 3.05) is 5.43 Å². The van der Waals surface area contributed by atoms with Gasteiger partial charge in [-0.05, 0) is 29.8 Å². The molecular weight excluding hydrogens is 372 g/mol. The third-order valence-electron chi connectivity index (χ3n) is 4.16. The van der Waals surface area contributed by atoms with E-state index in [0.29, 0.717) is 12.1 Å². The number of rotatable bonds is 6. The molecule has 0 aliphatic carbocycles. The Morgan fingerprint density at radius 2 is 1.71 bits per heavy atom. The lowest BCUT2D eigenvalue weighted by Gasteiger charge is -2.07. The Balaban J connectivity index is 1.61. The first-order valence-electron chi connectivity index (χ1n) is 8.66. The SMILES string of the molecule is O=[N+]([O-])c1ccc(N/N=C(\Cc2nc3ccccc3s2)c2ccccc2)cc1. The quantitative estimate of drug-likeness (QED) is 0.277. The van der Waals surface area contributed by atoms with Gasteiger partial charge in [0.05, 0.1) is 31.5 Å². The van der Waals surface area contributed by atoms with E-state index < -0.39 is 4.92 Å². The number of nitrogens with one attached hydrogen (secondary N) is 1. The summed E-state index contributed by atoms with van der Waals surface area (Å²) in [7, 11) is 0. The lowest BCUT2D eigenvalue weighted by molar-refractivity contribution is -0.384. The molecule has 0 aliphatic heterocycles. The van der Waals surface area contributed by atoms with E-state index >= 15 is 0 Å². The van der Waals surface area contributed by atoms with Crippen LogP contribution in [0.15, 0.2) is 84.0 Å². The second kappa shape index (κ2) is 7.98. The molecule has 0 spiro atoms. The fraction of sp³-hybridized carbons (Fsp3) is 0.0476. The molecule has 0 fully saturated rings. The van der Waals surface area contributed by atoms with E-state index in [4.69, 9.17) is 4.98 Å². The minimum Gasteiger partial charge on any atom is -0.278 e. The average molecular weight is 388 g/mol. The summed E-state index contributed by atoms with van der Waals surface area (Å²) in [5.74, 6) is 0. The van der Waals surface area contributed by atoms with Crippen LogP contribution in [0.5, 0.6) is 0 Å². The van der Waals surface area contributed by atoms with Gasteiger partial charge in [0.25, 0.3) is 5.69 Å². The Kier molecular flexibility index (Phi) is 5.07. The van der Waals surface area contributed by atoms with E-state index in [0.717, 1.165) is 26.5 Å². The summed E-state index contributed by atoms with van der Waals surface area (Å²) in [5.41, 5.74) is 6.56. The highest BCUT2D eigenvalue weighted by atomic mass is 32.1. The van der Waals surface area contributed by atoms with Crippen molar-refractivity contribution in [1.82, 2.24) is 4.98 Å². The number of hydrogen-bond donors (Lipinski definition) is 1. The molecule has 1 heterocycles. The largest absolute Gasteiger partial charge is 0.278 e. The van der Waals surface area contributed by atoms with Crippen molar-refractivity contribution in [2.24, 2.45) is 5.10 Å². The second-order valence-corrected chi connectivity index (χ2v) is 7.21. The van der Waals surface area contributed by atoms with E-state index in [2.05, 4.69) is 16.6 Å². The smallest absolute Gasteiger partial charge is 0.269 e. The van der Waals surface area contributed by atoms with Gasteiger partial charge in [0.1, 0.15) is 0 Å². The van der Waals surface area contributed by atoms with Crippen LogP contribution in [0.2, 0.25) is 0 Å². The van der Waals surface area contributed by atoms with Gasteiger partial charge in [-0.1, -0.05) is 42.5 Å². The molecule has 0 saturated heterocycles. The zero-order valence-electron chi connectivity index (χ0n) is 14.8. The Hall–Kier alpha value is -3.58. The molecule has 4 aromatic rings. The van der Waals surface area contributed by atoms with Gasteiger partial charge in [0, 0.05) is 18.6 Å². The maximum absolute atomic E-state index is 10.8. The van der Waals surface area contributed by atoms with Gasteiger partial charge < -0.3 is 0 Å². The molecule has 0 atom stereocenters. The Bertz CT molecular complexity index is 1110.